The largest absolute Gasteiger partial charge is 0.469 e. The van der Waals surface area contributed by atoms with E-state index in [2.05, 4.69) is 10.6 Å². The molecule has 57 heavy (non-hydrogen) atoms. The van der Waals surface area contributed by atoms with Crippen LogP contribution in [0.5, 0.6) is 0 Å². The smallest absolute Gasteiger partial charge is 0.337 e. The number of hydrogen-bond acceptors (Lipinski definition) is 10. The summed E-state index contributed by atoms with van der Waals surface area (Å²) in [6, 6.07) is 20.6. The van der Waals surface area contributed by atoms with E-state index < -0.39 is 15.9 Å². The van der Waals surface area contributed by atoms with Crippen LogP contribution >= 0.6 is 11.3 Å². The second-order valence-electron chi connectivity index (χ2n) is 14.4. The maximum absolute atomic E-state index is 14.1. The number of esters is 2. The van der Waals surface area contributed by atoms with E-state index in [1.54, 1.807) is 24.3 Å². The highest BCUT2D eigenvalue weighted by Crippen LogP contribution is 2.39. The van der Waals surface area contributed by atoms with E-state index in [-0.39, 0.29) is 53.4 Å². The third-order valence-corrected chi connectivity index (χ3v) is 13.9. The van der Waals surface area contributed by atoms with Gasteiger partial charge in [0.05, 0.1) is 42.8 Å². The van der Waals surface area contributed by atoms with E-state index in [4.69, 9.17) is 14.2 Å². The summed E-state index contributed by atoms with van der Waals surface area (Å²) in [6.07, 6.45) is 7.02. The number of sulfonamides is 1. The van der Waals surface area contributed by atoms with Crippen molar-refractivity contribution >= 4 is 55.8 Å². The number of fused-ring (bicyclic) bond motifs is 1. The van der Waals surface area contributed by atoms with Gasteiger partial charge in [-0.3, -0.25) is 14.4 Å². The fourth-order valence-corrected chi connectivity index (χ4v) is 10.6. The standard InChI is InChI=1S/C43H49N3O9S2/c1-53-26-25-46(34-23-19-31(20-24-34)43(50)55-3)57(51,52)35-8-6-7-32(27-35)39(47)45-41-38(36-9-4-5-10-37(36)56-41)40(48)44-33-21-15-29(16-22-33)12-11-28-13-17-30(18-14-28)42(49)54-2/h6-8,13-18,21-22,27,31,34H,4-5,9-12,19-20,23-26H2,1-3H3,(H,44,48)(H,45,47). The zero-order chi connectivity index (χ0) is 40.5. The highest BCUT2D eigenvalue weighted by molar-refractivity contribution is 7.89. The summed E-state index contributed by atoms with van der Waals surface area (Å²) in [5, 5.41) is 6.40. The number of ether oxygens (including phenoxy) is 3. The van der Waals surface area contributed by atoms with Gasteiger partial charge in [0, 0.05) is 35.8 Å². The number of benzene rings is 3. The van der Waals surface area contributed by atoms with Gasteiger partial charge in [0.1, 0.15) is 5.00 Å². The van der Waals surface area contributed by atoms with Crippen LogP contribution in [0.4, 0.5) is 10.7 Å². The lowest BCUT2D eigenvalue weighted by Crippen LogP contribution is -2.44. The minimum Gasteiger partial charge on any atom is -0.469 e. The van der Waals surface area contributed by atoms with Crippen LogP contribution < -0.4 is 10.6 Å². The molecule has 3 aromatic carbocycles. The summed E-state index contributed by atoms with van der Waals surface area (Å²) >= 11 is 1.39. The summed E-state index contributed by atoms with van der Waals surface area (Å²) in [5.74, 6) is -1.76. The number of amides is 2. The van der Waals surface area contributed by atoms with Crippen LogP contribution in [0.2, 0.25) is 0 Å². The van der Waals surface area contributed by atoms with E-state index in [1.807, 2.05) is 36.4 Å². The molecular formula is C43H49N3O9S2. The third-order valence-electron chi connectivity index (χ3n) is 10.8. The summed E-state index contributed by atoms with van der Waals surface area (Å²) in [4.78, 5) is 52.7. The molecule has 1 saturated carbocycles. The predicted octanol–water partition coefficient (Wildman–Crippen LogP) is 7.07. The molecule has 0 atom stereocenters. The van der Waals surface area contributed by atoms with Gasteiger partial charge < -0.3 is 24.8 Å². The van der Waals surface area contributed by atoms with Crippen molar-refractivity contribution in [2.75, 3.05) is 45.1 Å². The zero-order valence-corrected chi connectivity index (χ0v) is 34.1. The molecule has 0 bridgehead atoms. The number of rotatable bonds is 15. The van der Waals surface area contributed by atoms with Crippen LogP contribution in [0.1, 0.15) is 91.2 Å². The van der Waals surface area contributed by atoms with Crippen LogP contribution in [0, 0.1) is 5.92 Å². The molecule has 12 nitrogen and oxygen atoms in total. The van der Waals surface area contributed by atoms with E-state index in [0.29, 0.717) is 47.5 Å². The Labute approximate surface area is 338 Å². The van der Waals surface area contributed by atoms with Gasteiger partial charge in [-0.15, -0.1) is 11.3 Å². The summed E-state index contributed by atoms with van der Waals surface area (Å²) in [7, 11) is 0.176. The third kappa shape index (κ3) is 9.98. The SMILES string of the molecule is COCCN(C1CCC(C(=O)OC)CC1)S(=O)(=O)c1cccc(C(=O)Nc2sc3c(c2C(=O)Nc2ccc(CCc4ccc(C(=O)OC)cc4)cc2)CCCC3)c1. The summed E-state index contributed by atoms with van der Waals surface area (Å²) in [6.45, 7) is 0.309. The molecule has 2 amide bonds. The van der Waals surface area contributed by atoms with Crippen molar-refractivity contribution in [3.05, 3.63) is 111 Å². The Morgan fingerprint density at radius 3 is 2.09 bits per heavy atom. The Morgan fingerprint density at radius 2 is 1.44 bits per heavy atom. The highest BCUT2D eigenvalue weighted by atomic mass is 32.2. The lowest BCUT2D eigenvalue weighted by Gasteiger charge is -2.35. The Balaban J connectivity index is 1.15. The number of hydrogen-bond donors (Lipinski definition) is 2. The fourth-order valence-electron chi connectivity index (χ4n) is 7.61. The number of carbonyl (C=O) groups is 4. The number of aryl methyl sites for hydroxylation is 3. The molecule has 14 heteroatoms. The van der Waals surface area contributed by atoms with Gasteiger partial charge in [-0.05, 0) is 123 Å². The van der Waals surface area contributed by atoms with Gasteiger partial charge in [-0.25, -0.2) is 13.2 Å². The first-order chi connectivity index (χ1) is 27.5. The first kappa shape index (κ1) is 41.7. The Kier molecular flexibility index (Phi) is 13.9. The number of anilines is 2. The van der Waals surface area contributed by atoms with Crippen molar-refractivity contribution in [2.45, 2.75) is 75.1 Å². The van der Waals surface area contributed by atoms with Gasteiger partial charge in [0.2, 0.25) is 10.0 Å². The predicted molar refractivity (Wildman–Crippen MR) is 218 cm³/mol. The topological polar surface area (TPSA) is 157 Å². The molecule has 6 rings (SSSR count). The van der Waals surface area contributed by atoms with Gasteiger partial charge >= 0.3 is 11.9 Å². The van der Waals surface area contributed by atoms with Crippen molar-refractivity contribution in [2.24, 2.45) is 5.92 Å². The van der Waals surface area contributed by atoms with Crippen molar-refractivity contribution in [3.63, 3.8) is 0 Å². The second-order valence-corrected chi connectivity index (χ2v) is 17.4. The molecule has 2 aliphatic carbocycles. The fraction of sp³-hybridized carbons (Fsp3) is 0.395. The summed E-state index contributed by atoms with van der Waals surface area (Å²) in [5.41, 5.74) is 4.80. The zero-order valence-electron chi connectivity index (χ0n) is 32.5. The van der Waals surface area contributed by atoms with Crippen LogP contribution in [-0.4, -0.2) is 77.0 Å². The van der Waals surface area contributed by atoms with E-state index >= 15 is 0 Å². The van der Waals surface area contributed by atoms with Gasteiger partial charge in [-0.1, -0.05) is 30.3 Å². The molecule has 1 aromatic heterocycles. The molecule has 0 aliphatic heterocycles. The maximum atomic E-state index is 14.1. The van der Waals surface area contributed by atoms with Crippen LogP contribution in [0.25, 0.3) is 0 Å². The Hall–Kier alpha value is -4.89. The quantitative estimate of drug-likeness (QED) is 0.120. The molecule has 0 spiro atoms. The maximum Gasteiger partial charge on any atom is 0.337 e. The van der Waals surface area contributed by atoms with Gasteiger partial charge in [0.15, 0.2) is 0 Å². The normalized spacial score (nSPS) is 16.7. The average molecular weight is 816 g/mol. The molecule has 2 aliphatic rings. The van der Waals surface area contributed by atoms with E-state index in [9.17, 15) is 27.6 Å². The van der Waals surface area contributed by atoms with Gasteiger partial charge in [-0.2, -0.15) is 4.31 Å². The van der Waals surface area contributed by atoms with Crippen molar-refractivity contribution in [1.82, 2.24) is 4.31 Å². The van der Waals surface area contributed by atoms with Gasteiger partial charge in [0.25, 0.3) is 11.8 Å². The minimum absolute atomic E-state index is 0.0234. The monoisotopic (exact) mass is 815 g/mol. The van der Waals surface area contributed by atoms with E-state index in [0.717, 1.165) is 60.1 Å². The Morgan fingerprint density at radius 1 is 0.772 bits per heavy atom. The number of nitrogens with one attached hydrogen (secondary N) is 2. The number of thiophene rings is 1. The molecular weight excluding hydrogens is 767 g/mol. The summed E-state index contributed by atoms with van der Waals surface area (Å²) < 4.78 is 44.6. The lowest BCUT2D eigenvalue weighted by molar-refractivity contribution is -0.146. The molecule has 1 heterocycles. The molecule has 302 valence electrons. The highest BCUT2D eigenvalue weighted by Gasteiger charge is 2.36. The molecule has 1 fully saturated rings. The number of nitrogens with zero attached hydrogens (tertiary/aromatic N) is 1. The molecule has 2 N–H and O–H groups in total. The van der Waals surface area contributed by atoms with Crippen molar-refractivity contribution in [1.29, 1.82) is 0 Å². The number of methoxy groups -OCH3 is 3. The van der Waals surface area contributed by atoms with Crippen molar-refractivity contribution < 1.29 is 41.8 Å². The minimum atomic E-state index is -4.05. The molecule has 0 radical (unpaired) electrons. The first-order valence-electron chi connectivity index (χ1n) is 19.2. The van der Waals surface area contributed by atoms with E-state index in [1.165, 1.54) is 49.1 Å². The van der Waals surface area contributed by atoms with Crippen LogP contribution in [0.15, 0.2) is 77.7 Å². The van der Waals surface area contributed by atoms with Crippen molar-refractivity contribution in [3.8, 4) is 0 Å². The van der Waals surface area contributed by atoms with Crippen LogP contribution in [-0.2, 0) is 54.7 Å². The van der Waals surface area contributed by atoms with Crippen LogP contribution in [0.3, 0.4) is 0 Å². The number of carbonyl (C=O) groups excluding carboxylic acids is 4. The molecule has 0 saturated heterocycles. The first-order valence-corrected chi connectivity index (χ1v) is 21.5. The Bertz CT molecular complexity index is 2180. The average Bonchev–Trinajstić information content (AvgIpc) is 3.61. The second kappa shape index (κ2) is 19.0. The lowest BCUT2D eigenvalue weighted by atomic mass is 9.86. The molecule has 0 unspecified atom stereocenters. The molecule has 4 aromatic rings.